The van der Waals surface area contributed by atoms with E-state index in [0.717, 1.165) is 47.6 Å². The molecular weight excluding hydrogens is 314 g/mol. The molecule has 0 atom stereocenters. The van der Waals surface area contributed by atoms with Gasteiger partial charge in [0.25, 0.3) is 0 Å². The number of hydrogen-bond donors (Lipinski definition) is 1. The normalized spacial score (nSPS) is 17.3. The smallest absolute Gasteiger partial charge is 0.137 e. The number of fused-ring (bicyclic) bond motifs is 2. The SMILES string of the molecule is Clc1ccc2c(c1)N=C(N1CCNCC1)c1ccccc1S2. The molecule has 0 aliphatic carbocycles. The molecule has 0 amide bonds. The summed E-state index contributed by atoms with van der Waals surface area (Å²) in [5.74, 6) is 1.06. The van der Waals surface area contributed by atoms with Crippen molar-refractivity contribution >= 4 is 34.9 Å². The zero-order chi connectivity index (χ0) is 14.9. The number of amidine groups is 1. The Labute approximate surface area is 139 Å². The highest BCUT2D eigenvalue weighted by Gasteiger charge is 2.22. The summed E-state index contributed by atoms with van der Waals surface area (Å²) in [7, 11) is 0. The van der Waals surface area contributed by atoms with Crippen LogP contribution in [0.15, 0.2) is 57.2 Å². The molecule has 4 rings (SSSR count). The predicted molar refractivity (Wildman–Crippen MR) is 92.7 cm³/mol. The molecule has 0 spiro atoms. The lowest BCUT2D eigenvalue weighted by Gasteiger charge is -2.30. The van der Waals surface area contributed by atoms with Gasteiger partial charge < -0.3 is 10.2 Å². The first-order chi connectivity index (χ1) is 10.8. The van der Waals surface area contributed by atoms with Crippen LogP contribution in [0.2, 0.25) is 5.02 Å². The summed E-state index contributed by atoms with van der Waals surface area (Å²) in [5, 5.41) is 4.13. The van der Waals surface area contributed by atoms with Gasteiger partial charge in [-0.1, -0.05) is 41.6 Å². The number of rotatable bonds is 0. The molecule has 1 N–H and O–H groups in total. The molecule has 112 valence electrons. The Morgan fingerprint density at radius 2 is 1.86 bits per heavy atom. The fourth-order valence-corrected chi connectivity index (χ4v) is 3.98. The van der Waals surface area contributed by atoms with E-state index in [4.69, 9.17) is 16.6 Å². The van der Waals surface area contributed by atoms with Crippen LogP contribution < -0.4 is 5.32 Å². The minimum absolute atomic E-state index is 0.730. The average Bonchev–Trinajstić information content (AvgIpc) is 2.72. The summed E-state index contributed by atoms with van der Waals surface area (Å²) in [6.07, 6.45) is 0. The molecule has 2 aromatic carbocycles. The molecule has 2 aliphatic rings. The van der Waals surface area contributed by atoms with Crippen LogP contribution in [0, 0.1) is 0 Å². The molecule has 0 aromatic heterocycles. The van der Waals surface area contributed by atoms with Crippen LogP contribution in [-0.2, 0) is 0 Å². The number of aliphatic imine (C=N–C) groups is 1. The molecule has 0 unspecified atom stereocenters. The van der Waals surface area contributed by atoms with Crippen molar-refractivity contribution in [2.24, 2.45) is 4.99 Å². The predicted octanol–water partition coefficient (Wildman–Crippen LogP) is 3.79. The number of nitrogens with one attached hydrogen (secondary N) is 1. The van der Waals surface area contributed by atoms with Crippen LogP contribution >= 0.6 is 23.4 Å². The Morgan fingerprint density at radius 3 is 2.73 bits per heavy atom. The second-order valence-electron chi connectivity index (χ2n) is 5.38. The lowest BCUT2D eigenvalue weighted by Crippen LogP contribution is -2.46. The van der Waals surface area contributed by atoms with E-state index in [1.165, 1.54) is 10.5 Å². The molecule has 2 heterocycles. The van der Waals surface area contributed by atoms with E-state index in [1.807, 2.05) is 12.1 Å². The van der Waals surface area contributed by atoms with Crippen LogP contribution in [0.1, 0.15) is 5.56 Å². The number of hydrogen-bond acceptors (Lipinski definition) is 4. The zero-order valence-electron chi connectivity index (χ0n) is 12.1. The third kappa shape index (κ3) is 2.62. The second kappa shape index (κ2) is 5.95. The number of benzene rings is 2. The van der Waals surface area contributed by atoms with Crippen molar-refractivity contribution in [2.75, 3.05) is 26.2 Å². The van der Waals surface area contributed by atoms with Crippen molar-refractivity contribution in [3.05, 3.63) is 53.1 Å². The summed E-state index contributed by atoms with van der Waals surface area (Å²) < 4.78 is 0. The van der Waals surface area contributed by atoms with Gasteiger partial charge >= 0.3 is 0 Å². The topological polar surface area (TPSA) is 27.6 Å². The van der Waals surface area contributed by atoms with Gasteiger partial charge in [-0.25, -0.2) is 4.99 Å². The highest BCUT2D eigenvalue weighted by molar-refractivity contribution is 7.99. The van der Waals surface area contributed by atoms with E-state index in [0.29, 0.717) is 0 Å². The molecule has 5 heteroatoms. The quantitative estimate of drug-likeness (QED) is 0.797. The van der Waals surface area contributed by atoms with Crippen molar-refractivity contribution in [1.29, 1.82) is 0 Å². The standard InChI is InChI=1S/C17H16ClN3S/c18-12-5-6-16-14(11-12)20-17(21-9-7-19-8-10-21)13-3-1-2-4-15(13)22-16/h1-6,11,19H,7-10H2. The van der Waals surface area contributed by atoms with Gasteiger partial charge in [0.15, 0.2) is 0 Å². The fraction of sp³-hybridized carbons (Fsp3) is 0.235. The number of nitrogens with zero attached hydrogens (tertiary/aromatic N) is 2. The van der Waals surface area contributed by atoms with Gasteiger partial charge in [-0.2, -0.15) is 0 Å². The van der Waals surface area contributed by atoms with Gasteiger partial charge in [0.05, 0.1) is 5.69 Å². The summed E-state index contributed by atoms with van der Waals surface area (Å²) in [5.41, 5.74) is 2.17. The Kier molecular flexibility index (Phi) is 3.82. The van der Waals surface area contributed by atoms with Crippen molar-refractivity contribution in [3.8, 4) is 0 Å². The van der Waals surface area contributed by atoms with Crippen LogP contribution in [-0.4, -0.2) is 36.9 Å². The van der Waals surface area contributed by atoms with E-state index in [-0.39, 0.29) is 0 Å². The molecule has 3 nitrogen and oxygen atoms in total. The van der Waals surface area contributed by atoms with E-state index in [9.17, 15) is 0 Å². The van der Waals surface area contributed by atoms with E-state index < -0.39 is 0 Å². The largest absolute Gasteiger partial charge is 0.354 e. The summed E-state index contributed by atoms with van der Waals surface area (Å²) >= 11 is 7.94. The minimum atomic E-state index is 0.730. The third-order valence-corrected chi connectivity index (χ3v) is 5.29. The van der Waals surface area contributed by atoms with Crippen molar-refractivity contribution in [3.63, 3.8) is 0 Å². The first kappa shape index (κ1) is 14.1. The first-order valence-electron chi connectivity index (χ1n) is 7.42. The number of piperazine rings is 1. The van der Waals surface area contributed by atoms with Gasteiger partial charge in [0, 0.05) is 46.6 Å². The highest BCUT2D eigenvalue weighted by Crippen LogP contribution is 2.41. The zero-order valence-corrected chi connectivity index (χ0v) is 13.6. The van der Waals surface area contributed by atoms with E-state index in [1.54, 1.807) is 11.8 Å². The van der Waals surface area contributed by atoms with Gasteiger partial charge in [-0.05, 0) is 24.3 Å². The molecule has 22 heavy (non-hydrogen) atoms. The molecule has 0 saturated carbocycles. The molecule has 0 bridgehead atoms. The second-order valence-corrected chi connectivity index (χ2v) is 6.90. The summed E-state index contributed by atoms with van der Waals surface area (Å²) in [6.45, 7) is 3.95. The Bertz CT molecular complexity index is 738. The van der Waals surface area contributed by atoms with Crippen molar-refractivity contribution in [1.82, 2.24) is 10.2 Å². The maximum Gasteiger partial charge on any atom is 0.137 e. The molecule has 2 aromatic rings. The van der Waals surface area contributed by atoms with Crippen molar-refractivity contribution < 1.29 is 0 Å². The number of halogens is 1. The molecule has 1 saturated heterocycles. The van der Waals surface area contributed by atoms with Gasteiger partial charge in [0.1, 0.15) is 5.84 Å². The van der Waals surface area contributed by atoms with E-state index in [2.05, 4.69) is 40.5 Å². The molecular formula is C17H16ClN3S. The lowest BCUT2D eigenvalue weighted by atomic mass is 10.1. The molecule has 2 aliphatic heterocycles. The van der Waals surface area contributed by atoms with Crippen LogP contribution in [0.4, 0.5) is 5.69 Å². The summed E-state index contributed by atoms with van der Waals surface area (Å²) in [6, 6.07) is 14.4. The Balaban J connectivity index is 1.88. The van der Waals surface area contributed by atoms with Crippen LogP contribution in [0.5, 0.6) is 0 Å². The first-order valence-corrected chi connectivity index (χ1v) is 8.62. The van der Waals surface area contributed by atoms with Crippen LogP contribution in [0.3, 0.4) is 0 Å². The van der Waals surface area contributed by atoms with Gasteiger partial charge in [-0.15, -0.1) is 0 Å². The maximum atomic E-state index is 6.17. The minimum Gasteiger partial charge on any atom is -0.354 e. The molecule has 1 fully saturated rings. The maximum absolute atomic E-state index is 6.17. The highest BCUT2D eigenvalue weighted by atomic mass is 35.5. The monoisotopic (exact) mass is 329 g/mol. The Morgan fingerprint density at radius 1 is 1.05 bits per heavy atom. The van der Waals surface area contributed by atoms with Gasteiger partial charge in [-0.3, -0.25) is 0 Å². The van der Waals surface area contributed by atoms with E-state index >= 15 is 0 Å². The van der Waals surface area contributed by atoms with Crippen molar-refractivity contribution in [2.45, 2.75) is 9.79 Å². The average molecular weight is 330 g/mol. The Hall–Kier alpha value is -1.49. The molecule has 0 radical (unpaired) electrons. The van der Waals surface area contributed by atoms with Gasteiger partial charge in [0.2, 0.25) is 0 Å². The third-order valence-electron chi connectivity index (χ3n) is 3.91. The fourth-order valence-electron chi connectivity index (χ4n) is 2.82. The van der Waals surface area contributed by atoms with Crippen LogP contribution in [0.25, 0.3) is 0 Å². The lowest BCUT2D eigenvalue weighted by molar-refractivity contribution is 0.358. The summed E-state index contributed by atoms with van der Waals surface area (Å²) in [4.78, 5) is 9.75.